The number of Topliss-reactive ketones (excluding diaryl/α,β-unsaturated/α-hetero) is 1. The van der Waals surface area contributed by atoms with E-state index in [1.165, 1.54) is 23.9 Å². The number of carbonyl (C=O) groups is 2. The molecule has 10 heteroatoms. The SMILES string of the molecule is CC(=O)c1nn(CC(=O)OC(C)(C)C)c2ccc(-c3cncc(S(N)(=O)=O)c3)cc12. The molecule has 0 aliphatic heterocycles. The van der Waals surface area contributed by atoms with Gasteiger partial charge in [0.25, 0.3) is 0 Å². The summed E-state index contributed by atoms with van der Waals surface area (Å²) in [6.07, 6.45) is 2.66. The molecule has 0 aliphatic carbocycles. The van der Waals surface area contributed by atoms with Crippen LogP contribution in [0.5, 0.6) is 0 Å². The number of pyridine rings is 1. The van der Waals surface area contributed by atoms with Crippen LogP contribution < -0.4 is 5.14 Å². The molecule has 0 saturated carbocycles. The number of hydrogen-bond donors (Lipinski definition) is 1. The van der Waals surface area contributed by atoms with E-state index >= 15 is 0 Å². The summed E-state index contributed by atoms with van der Waals surface area (Å²) in [5.41, 5.74) is 1.27. The highest BCUT2D eigenvalue weighted by Gasteiger charge is 2.21. The van der Waals surface area contributed by atoms with Crippen molar-refractivity contribution >= 4 is 32.7 Å². The second-order valence-corrected chi connectivity index (χ2v) is 9.40. The topological polar surface area (TPSA) is 134 Å². The summed E-state index contributed by atoms with van der Waals surface area (Å²) in [7, 11) is -3.91. The zero-order valence-corrected chi connectivity index (χ0v) is 17.9. The largest absolute Gasteiger partial charge is 0.459 e. The summed E-state index contributed by atoms with van der Waals surface area (Å²) in [6.45, 7) is 6.54. The molecule has 3 aromatic rings. The second kappa shape index (κ2) is 7.62. The highest BCUT2D eigenvalue weighted by Crippen LogP contribution is 2.28. The minimum Gasteiger partial charge on any atom is -0.459 e. The van der Waals surface area contributed by atoms with Crippen molar-refractivity contribution in [2.24, 2.45) is 5.14 Å². The van der Waals surface area contributed by atoms with E-state index in [9.17, 15) is 18.0 Å². The zero-order valence-electron chi connectivity index (χ0n) is 17.0. The summed E-state index contributed by atoms with van der Waals surface area (Å²) in [4.78, 5) is 28.2. The number of primary sulfonamides is 1. The number of ketones is 1. The van der Waals surface area contributed by atoms with Crippen LogP contribution in [0.2, 0.25) is 0 Å². The fourth-order valence-electron chi connectivity index (χ4n) is 2.97. The van der Waals surface area contributed by atoms with Crippen LogP contribution in [0.3, 0.4) is 0 Å². The molecule has 0 unspecified atom stereocenters. The number of sulfonamides is 1. The quantitative estimate of drug-likeness (QED) is 0.485. The first-order chi connectivity index (χ1) is 13.8. The molecular weight excluding hydrogens is 408 g/mol. The predicted molar refractivity (Wildman–Crippen MR) is 110 cm³/mol. The maximum Gasteiger partial charge on any atom is 0.328 e. The lowest BCUT2D eigenvalue weighted by molar-refractivity contribution is -0.155. The van der Waals surface area contributed by atoms with E-state index in [1.54, 1.807) is 39.0 Å². The molecular formula is C20H22N4O5S. The molecule has 0 bridgehead atoms. The monoisotopic (exact) mass is 430 g/mol. The third kappa shape index (κ3) is 4.71. The first-order valence-corrected chi connectivity index (χ1v) is 10.6. The van der Waals surface area contributed by atoms with Crippen LogP contribution in [0.15, 0.2) is 41.6 Å². The van der Waals surface area contributed by atoms with Crippen LogP contribution in [-0.4, -0.2) is 40.5 Å². The van der Waals surface area contributed by atoms with Gasteiger partial charge in [-0.05, 0) is 44.5 Å². The summed E-state index contributed by atoms with van der Waals surface area (Å²) < 4.78 is 30.0. The minimum atomic E-state index is -3.91. The van der Waals surface area contributed by atoms with Gasteiger partial charge in [-0.25, -0.2) is 13.6 Å². The third-order valence-corrected chi connectivity index (χ3v) is 5.04. The van der Waals surface area contributed by atoms with Gasteiger partial charge < -0.3 is 4.74 Å². The molecule has 158 valence electrons. The zero-order chi connectivity index (χ0) is 22.3. The van der Waals surface area contributed by atoms with E-state index in [1.807, 2.05) is 0 Å². The lowest BCUT2D eigenvalue weighted by Crippen LogP contribution is -2.26. The van der Waals surface area contributed by atoms with Crippen molar-refractivity contribution in [1.29, 1.82) is 0 Å². The van der Waals surface area contributed by atoms with Crippen LogP contribution in [-0.2, 0) is 26.1 Å². The van der Waals surface area contributed by atoms with Crippen LogP contribution in [0.1, 0.15) is 38.2 Å². The van der Waals surface area contributed by atoms with Crippen LogP contribution in [0, 0.1) is 0 Å². The van der Waals surface area contributed by atoms with E-state index in [0.29, 0.717) is 22.0 Å². The third-order valence-electron chi connectivity index (χ3n) is 4.16. The number of rotatable bonds is 5. The van der Waals surface area contributed by atoms with E-state index in [0.717, 1.165) is 6.20 Å². The molecule has 3 rings (SSSR count). The summed E-state index contributed by atoms with van der Waals surface area (Å²) in [6, 6.07) is 6.54. The van der Waals surface area contributed by atoms with Crippen molar-refractivity contribution in [3.05, 3.63) is 42.4 Å². The number of nitrogens with two attached hydrogens (primary N) is 1. The van der Waals surface area contributed by atoms with Gasteiger partial charge in [0, 0.05) is 30.3 Å². The maximum absolute atomic E-state index is 12.2. The number of ether oxygens (including phenoxy) is 1. The average Bonchev–Trinajstić information content (AvgIpc) is 2.97. The predicted octanol–water partition coefficient (Wildman–Crippen LogP) is 2.29. The standard InChI is InChI=1S/C20H22N4O5S/c1-12(25)19-16-8-13(14-7-15(10-22-9-14)30(21,27)28)5-6-17(16)24(23-19)11-18(26)29-20(2,3)4/h5-10H,11H2,1-4H3,(H2,21,27,28). The molecule has 0 atom stereocenters. The highest BCUT2D eigenvalue weighted by atomic mass is 32.2. The molecule has 30 heavy (non-hydrogen) atoms. The van der Waals surface area contributed by atoms with Gasteiger partial charge in [0.1, 0.15) is 22.7 Å². The van der Waals surface area contributed by atoms with Crippen LogP contribution in [0.25, 0.3) is 22.0 Å². The van der Waals surface area contributed by atoms with Gasteiger partial charge in [0.2, 0.25) is 10.0 Å². The van der Waals surface area contributed by atoms with Gasteiger partial charge in [0.05, 0.1) is 5.52 Å². The fourth-order valence-corrected chi connectivity index (χ4v) is 3.47. The van der Waals surface area contributed by atoms with Crippen molar-refractivity contribution in [2.45, 2.75) is 44.7 Å². The smallest absolute Gasteiger partial charge is 0.328 e. The summed E-state index contributed by atoms with van der Waals surface area (Å²) in [5.74, 6) is -0.743. The van der Waals surface area contributed by atoms with Gasteiger partial charge in [0.15, 0.2) is 5.78 Å². The Balaban J connectivity index is 2.07. The van der Waals surface area contributed by atoms with E-state index in [4.69, 9.17) is 9.88 Å². The van der Waals surface area contributed by atoms with Gasteiger partial charge in [-0.2, -0.15) is 5.10 Å². The molecule has 0 radical (unpaired) electrons. The van der Waals surface area contributed by atoms with Crippen molar-refractivity contribution in [2.75, 3.05) is 0 Å². The number of fused-ring (bicyclic) bond motifs is 1. The number of benzene rings is 1. The van der Waals surface area contributed by atoms with Crippen molar-refractivity contribution in [3.63, 3.8) is 0 Å². The lowest BCUT2D eigenvalue weighted by Gasteiger charge is -2.19. The molecule has 2 N–H and O–H groups in total. The van der Waals surface area contributed by atoms with Crippen molar-refractivity contribution in [1.82, 2.24) is 14.8 Å². The average molecular weight is 430 g/mol. The van der Waals surface area contributed by atoms with E-state index < -0.39 is 21.6 Å². The molecule has 0 saturated heterocycles. The Morgan fingerprint density at radius 3 is 2.43 bits per heavy atom. The highest BCUT2D eigenvalue weighted by molar-refractivity contribution is 7.89. The molecule has 0 fully saturated rings. The summed E-state index contributed by atoms with van der Waals surface area (Å²) >= 11 is 0. The first kappa shape index (κ1) is 21.6. The second-order valence-electron chi connectivity index (χ2n) is 7.84. The minimum absolute atomic E-state index is 0.118. The van der Waals surface area contributed by atoms with Gasteiger partial charge in [-0.15, -0.1) is 0 Å². The molecule has 9 nitrogen and oxygen atoms in total. The Hall–Kier alpha value is -3.11. The van der Waals surface area contributed by atoms with E-state index in [2.05, 4.69) is 10.1 Å². The lowest BCUT2D eigenvalue weighted by atomic mass is 10.0. The Bertz CT molecular complexity index is 1260. The van der Waals surface area contributed by atoms with Crippen LogP contribution >= 0.6 is 0 Å². The summed E-state index contributed by atoms with van der Waals surface area (Å²) in [5, 5.41) is 10.00. The number of aromatic nitrogens is 3. The number of nitrogens with zero attached hydrogens (tertiary/aromatic N) is 3. The Labute approximate surface area is 173 Å². The van der Waals surface area contributed by atoms with E-state index in [-0.39, 0.29) is 22.9 Å². The maximum atomic E-state index is 12.2. The molecule has 0 spiro atoms. The Kier molecular flexibility index (Phi) is 5.48. The molecule has 0 amide bonds. The first-order valence-electron chi connectivity index (χ1n) is 9.07. The molecule has 2 aromatic heterocycles. The molecule has 1 aromatic carbocycles. The molecule has 2 heterocycles. The normalized spacial score (nSPS) is 12.2. The van der Waals surface area contributed by atoms with Crippen molar-refractivity contribution in [3.8, 4) is 11.1 Å². The fraction of sp³-hybridized carbons (Fsp3) is 0.300. The van der Waals surface area contributed by atoms with Crippen molar-refractivity contribution < 1.29 is 22.7 Å². The van der Waals surface area contributed by atoms with Gasteiger partial charge in [-0.3, -0.25) is 19.3 Å². The number of esters is 1. The molecule has 0 aliphatic rings. The Morgan fingerprint density at radius 2 is 1.83 bits per heavy atom. The van der Waals surface area contributed by atoms with Gasteiger partial charge in [-0.1, -0.05) is 6.07 Å². The van der Waals surface area contributed by atoms with Crippen LogP contribution in [0.4, 0.5) is 0 Å². The Morgan fingerprint density at radius 1 is 1.13 bits per heavy atom. The number of carbonyl (C=O) groups excluding carboxylic acids is 2. The number of hydrogen-bond acceptors (Lipinski definition) is 7. The van der Waals surface area contributed by atoms with Gasteiger partial charge >= 0.3 is 5.97 Å².